The van der Waals surface area contributed by atoms with Crippen molar-refractivity contribution in [1.29, 1.82) is 0 Å². The number of aryl methyl sites for hydroxylation is 1. The van der Waals surface area contributed by atoms with E-state index in [2.05, 4.69) is 32.1 Å². The summed E-state index contributed by atoms with van der Waals surface area (Å²) < 4.78 is 0. The van der Waals surface area contributed by atoms with Crippen molar-refractivity contribution in [3.63, 3.8) is 0 Å². The Bertz CT molecular complexity index is 726. The third kappa shape index (κ3) is 3.83. The number of hydrogen-bond acceptors (Lipinski definition) is 5. The van der Waals surface area contributed by atoms with Gasteiger partial charge >= 0.3 is 0 Å². The van der Waals surface area contributed by atoms with E-state index in [0.29, 0.717) is 16.4 Å². The van der Waals surface area contributed by atoms with Gasteiger partial charge in [0.15, 0.2) is 0 Å². The van der Waals surface area contributed by atoms with Gasteiger partial charge in [-0.15, -0.1) is 0 Å². The van der Waals surface area contributed by atoms with Gasteiger partial charge in [-0.3, -0.25) is 4.79 Å². The van der Waals surface area contributed by atoms with Gasteiger partial charge in [-0.1, -0.05) is 11.6 Å². The molecule has 2 aromatic rings. The molecule has 0 radical (unpaired) electrons. The monoisotopic (exact) mass is 345 g/mol. The lowest BCUT2D eigenvalue weighted by Crippen LogP contribution is -2.44. The lowest BCUT2D eigenvalue weighted by Gasteiger charge is -2.32. The molecule has 1 aromatic carbocycles. The van der Waals surface area contributed by atoms with Crippen LogP contribution in [0.15, 0.2) is 30.6 Å². The van der Waals surface area contributed by atoms with E-state index in [-0.39, 0.29) is 5.91 Å². The number of benzene rings is 1. The van der Waals surface area contributed by atoms with Crippen molar-refractivity contribution in [1.82, 2.24) is 14.9 Å². The number of rotatable bonds is 3. The van der Waals surface area contributed by atoms with Crippen molar-refractivity contribution < 1.29 is 4.79 Å². The molecule has 7 heteroatoms. The second-order valence-corrected chi connectivity index (χ2v) is 6.40. The molecule has 1 aliphatic rings. The van der Waals surface area contributed by atoms with E-state index in [1.54, 1.807) is 24.4 Å². The number of halogens is 1. The SMILES string of the molecule is Cc1cc(Cl)ccc1NC(=O)c1cnc(N2CCN(C)CC2)cn1. The summed E-state index contributed by atoms with van der Waals surface area (Å²) in [6.07, 6.45) is 3.18. The number of likely N-dealkylation sites (N-methyl/N-ethyl adjacent to an activating group) is 1. The standard InChI is InChI=1S/C17H20ClN5O/c1-12-9-13(18)3-4-14(12)21-17(24)15-10-20-16(11-19-15)23-7-5-22(2)6-8-23/h3-4,9-11H,5-8H2,1-2H3,(H,21,24). The highest BCUT2D eigenvalue weighted by molar-refractivity contribution is 6.30. The molecule has 1 N–H and O–H groups in total. The normalized spacial score (nSPS) is 15.4. The van der Waals surface area contributed by atoms with Gasteiger partial charge in [-0.05, 0) is 37.7 Å². The number of nitrogens with one attached hydrogen (secondary N) is 1. The van der Waals surface area contributed by atoms with Crippen LogP contribution in [0.5, 0.6) is 0 Å². The molecule has 1 saturated heterocycles. The Morgan fingerprint density at radius 1 is 1.17 bits per heavy atom. The van der Waals surface area contributed by atoms with E-state index in [1.807, 2.05) is 6.92 Å². The van der Waals surface area contributed by atoms with Crippen LogP contribution in [0.25, 0.3) is 0 Å². The highest BCUT2D eigenvalue weighted by Gasteiger charge is 2.16. The van der Waals surface area contributed by atoms with Gasteiger partial charge < -0.3 is 15.1 Å². The van der Waals surface area contributed by atoms with Crippen LogP contribution in [0.1, 0.15) is 16.1 Å². The number of nitrogens with zero attached hydrogens (tertiary/aromatic N) is 4. The zero-order valence-corrected chi connectivity index (χ0v) is 14.5. The summed E-state index contributed by atoms with van der Waals surface area (Å²) in [5, 5.41) is 3.48. The van der Waals surface area contributed by atoms with E-state index < -0.39 is 0 Å². The molecule has 3 rings (SSSR count). The molecule has 0 bridgehead atoms. The fourth-order valence-corrected chi connectivity index (χ4v) is 2.82. The maximum absolute atomic E-state index is 12.3. The molecule has 24 heavy (non-hydrogen) atoms. The van der Waals surface area contributed by atoms with E-state index >= 15 is 0 Å². The molecular formula is C17H20ClN5O. The van der Waals surface area contributed by atoms with E-state index in [4.69, 9.17) is 11.6 Å². The minimum Gasteiger partial charge on any atom is -0.353 e. The number of carbonyl (C=O) groups excluding carboxylic acids is 1. The Labute approximate surface area is 146 Å². The van der Waals surface area contributed by atoms with Crippen LogP contribution in [-0.2, 0) is 0 Å². The van der Waals surface area contributed by atoms with E-state index in [0.717, 1.165) is 37.6 Å². The largest absolute Gasteiger partial charge is 0.353 e. The second kappa shape index (κ2) is 7.15. The fourth-order valence-electron chi connectivity index (χ4n) is 2.59. The fraction of sp³-hybridized carbons (Fsp3) is 0.353. The van der Waals surface area contributed by atoms with Crippen LogP contribution in [0.3, 0.4) is 0 Å². The molecule has 1 aliphatic heterocycles. The zero-order valence-electron chi connectivity index (χ0n) is 13.8. The molecule has 126 valence electrons. The van der Waals surface area contributed by atoms with Gasteiger partial charge in [0.05, 0.1) is 12.4 Å². The third-order valence-corrected chi connectivity index (χ3v) is 4.37. The Kier molecular flexibility index (Phi) is 4.97. The zero-order chi connectivity index (χ0) is 17.1. The number of piperazine rings is 1. The lowest BCUT2D eigenvalue weighted by molar-refractivity contribution is 0.102. The molecule has 1 aromatic heterocycles. The minimum absolute atomic E-state index is 0.280. The summed E-state index contributed by atoms with van der Waals surface area (Å²) in [5.74, 6) is 0.528. The van der Waals surface area contributed by atoms with Crippen molar-refractivity contribution in [3.8, 4) is 0 Å². The van der Waals surface area contributed by atoms with Crippen molar-refractivity contribution in [3.05, 3.63) is 46.9 Å². The number of hydrogen-bond donors (Lipinski definition) is 1. The van der Waals surface area contributed by atoms with Crippen molar-refractivity contribution >= 4 is 29.0 Å². The predicted molar refractivity (Wildman–Crippen MR) is 95.9 cm³/mol. The Hall–Kier alpha value is -2.18. The van der Waals surface area contributed by atoms with Gasteiger partial charge in [0.2, 0.25) is 0 Å². The van der Waals surface area contributed by atoms with Crippen LogP contribution < -0.4 is 10.2 Å². The van der Waals surface area contributed by atoms with Gasteiger partial charge in [0.1, 0.15) is 11.5 Å². The van der Waals surface area contributed by atoms with Crippen molar-refractivity contribution in [2.24, 2.45) is 0 Å². The molecule has 0 saturated carbocycles. The van der Waals surface area contributed by atoms with Crippen LogP contribution in [-0.4, -0.2) is 54.0 Å². The predicted octanol–water partition coefficient (Wildman–Crippen LogP) is 2.44. The second-order valence-electron chi connectivity index (χ2n) is 5.96. The molecule has 0 spiro atoms. The molecule has 2 heterocycles. The first-order valence-electron chi connectivity index (χ1n) is 7.86. The number of amides is 1. The summed E-state index contributed by atoms with van der Waals surface area (Å²) in [7, 11) is 2.11. The first-order valence-corrected chi connectivity index (χ1v) is 8.24. The number of aromatic nitrogens is 2. The molecule has 6 nitrogen and oxygen atoms in total. The van der Waals surface area contributed by atoms with E-state index in [9.17, 15) is 4.79 Å². The Morgan fingerprint density at radius 3 is 2.54 bits per heavy atom. The molecular weight excluding hydrogens is 326 g/mol. The van der Waals surface area contributed by atoms with Crippen molar-refractivity contribution in [2.45, 2.75) is 6.92 Å². The van der Waals surface area contributed by atoms with E-state index in [1.165, 1.54) is 6.20 Å². The molecule has 0 unspecified atom stereocenters. The molecule has 1 fully saturated rings. The summed E-state index contributed by atoms with van der Waals surface area (Å²) in [4.78, 5) is 25.4. The smallest absolute Gasteiger partial charge is 0.275 e. The topological polar surface area (TPSA) is 61.4 Å². The van der Waals surface area contributed by atoms with Gasteiger partial charge in [-0.2, -0.15) is 0 Å². The maximum atomic E-state index is 12.3. The minimum atomic E-state index is -0.280. The Morgan fingerprint density at radius 2 is 1.92 bits per heavy atom. The number of carbonyl (C=O) groups is 1. The molecule has 0 aliphatic carbocycles. The quantitative estimate of drug-likeness (QED) is 0.925. The average molecular weight is 346 g/mol. The number of anilines is 2. The lowest BCUT2D eigenvalue weighted by atomic mass is 10.2. The summed E-state index contributed by atoms with van der Waals surface area (Å²) in [6.45, 7) is 5.73. The van der Waals surface area contributed by atoms with Crippen LogP contribution >= 0.6 is 11.6 Å². The Balaban J connectivity index is 1.67. The first-order chi connectivity index (χ1) is 11.5. The summed E-state index contributed by atoms with van der Waals surface area (Å²) in [5.41, 5.74) is 1.91. The van der Waals surface area contributed by atoms with Gasteiger partial charge in [-0.25, -0.2) is 9.97 Å². The molecule has 1 amide bonds. The third-order valence-electron chi connectivity index (χ3n) is 4.13. The van der Waals surface area contributed by atoms with Crippen LogP contribution in [0.2, 0.25) is 5.02 Å². The van der Waals surface area contributed by atoms with Gasteiger partial charge in [0, 0.05) is 36.9 Å². The average Bonchev–Trinajstić information content (AvgIpc) is 2.58. The van der Waals surface area contributed by atoms with Crippen LogP contribution in [0.4, 0.5) is 11.5 Å². The van der Waals surface area contributed by atoms with Gasteiger partial charge in [0.25, 0.3) is 5.91 Å². The van der Waals surface area contributed by atoms with Crippen molar-refractivity contribution in [2.75, 3.05) is 43.4 Å². The highest BCUT2D eigenvalue weighted by atomic mass is 35.5. The summed E-state index contributed by atoms with van der Waals surface area (Å²) >= 11 is 5.93. The molecule has 0 atom stereocenters. The first kappa shape index (κ1) is 16.7. The van der Waals surface area contributed by atoms with Crippen LogP contribution in [0, 0.1) is 6.92 Å². The highest BCUT2D eigenvalue weighted by Crippen LogP contribution is 2.20. The summed E-state index contributed by atoms with van der Waals surface area (Å²) in [6, 6.07) is 5.33. The maximum Gasteiger partial charge on any atom is 0.275 e.